The second kappa shape index (κ2) is 10.3. The van der Waals surface area contributed by atoms with Crippen LogP contribution >= 0.6 is 0 Å². The number of ether oxygens (including phenoxy) is 1. The highest BCUT2D eigenvalue weighted by Gasteiger charge is 2.33. The van der Waals surface area contributed by atoms with Crippen molar-refractivity contribution >= 4 is 15.8 Å². The average Bonchev–Trinajstić information content (AvgIpc) is 2.79. The van der Waals surface area contributed by atoms with Gasteiger partial charge in [-0.1, -0.05) is 18.2 Å². The topological polar surface area (TPSA) is 71.5 Å². The molecule has 1 aliphatic heterocycles. The van der Waals surface area contributed by atoms with Gasteiger partial charge >= 0.3 is 0 Å². The van der Waals surface area contributed by atoms with Crippen LogP contribution in [0.3, 0.4) is 0 Å². The van der Waals surface area contributed by atoms with E-state index in [0.717, 1.165) is 44.5 Å². The van der Waals surface area contributed by atoms with Crippen LogP contribution in [0.2, 0.25) is 0 Å². The predicted octanol–water partition coefficient (Wildman–Crippen LogP) is 3.71. The summed E-state index contributed by atoms with van der Waals surface area (Å²) in [5, 5.41) is 0. The molecule has 2 heterocycles. The molecule has 1 aromatic heterocycles. The maximum atomic E-state index is 13.2. The van der Waals surface area contributed by atoms with E-state index in [4.69, 9.17) is 4.74 Å². The van der Waals surface area contributed by atoms with Gasteiger partial charge in [-0.2, -0.15) is 0 Å². The molecule has 1 aliphatic carbocycles. The molecule has 2 atom stereocenters. The first-order chi connectivity index (χ1) is 15.4. The van der Waals surface area contributed by atoms with E-state index in [1.165, 1.54) is 24.0 Å². The number of hydrogen-bond donors (Lipinski definition) is 1. The standard InChI is InChI=1S/C24H32FN3O3S/c1-32(29,30)27-23-13-15-28(24-4-2-3-14-26-24)16-20(23)17-31-22-11-7-19(8-12-22)18-5-9-21(25)10-6-18/h2-6,9-10,14,19-20,22-23,27H,7-8,11-13,15-17H2,1H3/t19?,20-,22?,23-/m0/s1. The van der Waals surface area contributed by atoms with Crippen LogP contribution < -0.4 is 9.62 Å². The zero-order chi connectivity index (χ0) is 22.6. The lowest BCUT2D eigenvalue weighted by Gasteiger charge is -2.40. The van der Waals surface area contributed by atoms with Crippen LogP contribution in [-0.2, 0) is 14.8 Å². The largest absolute Gasteiger partial charge is 0.378 e. The minimum absolute atomic E-state index is 0.0512. The van der Waals surface area contributed by atoms with E-state index >= 15 is 0 Å². The van der Waals surface area contributed by atoms with Gasteiger partial charge in [0, 0.05) is 31.2 Å². The summed E-state index contributed by atoms with van der Waals surface area (Å²) in [4.78, 5) is 6.66. The molecule has 4 rings (SSSR count). The quantitative estimate of drug-likeness (QED) is 0.681. The van der Waals surface area contributed by atoms with Crippen LogP contribution in [0.4, 0.5) is 10.2 Å². The summed E-state index contributed by atoms with van der Waals surface area (Å²) in [7, 11) is -3.29. The Balaban J connectivity index is 1.34. The van der Waals surface area contributed by atoms with Gasteiger partial charge in [-0.25, -0.2) is 22.5 Å². The Hall–Kier alpha value is -2.03. The number of anilines is 1. The van der Waals surface area contributed by atoms with E-state index in [9.17, 15) is 12.8 Å². The van der Waals surface area contributed by atoms with Crippen LogP contribution in [0.1, 0.15) is 43.6 Å². The lowest BCUT2D eigenvalue weighted by molar-refractivity contribution is -0.00214. The molecular weight excluding hydrogens is 429 g/mol. The Morgan fingerprint density at radius 1 is 1.09 bits per heavy atom. The number of nitrogens with zero attached hydrogens (tertiary/aromatic N) is 2. The van der Waals surface area contributed by atoms with E-state index in [-0.39, 0.29) is 23.9 Å². The molecule has 1 saturated heterocycles. The van der Waals surface area contributed by atoms with Crippen molar-refractivity contribution in [2.45, 2.75) is 50.2 Å². The highest BCUT2D eigenvalue weighted by molar-refractivity contribution is 7.88. The number of pyridine rings is 1. The molecule has 0 spiro atoms. The van der Waals surface area contributed by atoms with Gasteiger partial charge in [0.05, 0.1) is 19.0 Å². The summed E-state index contributed by atoms with van der Waals surface area (Å²) < 4.78 is 46.1. The molecule has 1 saturated carbocycles. The number of aromatic nitrogens is 1. The molecule has 2 fully saturated rings. The Kier molecular flexibility index (Phi) is 7.43. The van der Waals surface area contributed by atoms with Crippen LogP contribution in [-0.4, -0.2) is 51.5 Å². The Labute approximate surface area is 190 Å². The minimum Gasteiger partial charge on any atom is -0.378 e. The minimum atomic E-state index is -3.29. The van der Waals surface area contributed by atoms with Crippen LogP contribution in [0.5, 0.6) is 0 Å². The number of rotatable bonds is 7. The monoisotopic (exact) mass is 461 g/mol. The number of sulfonamides is 1. The summed E-state index contributed by atoms with van der Waals surface area (Å²) in [5.41, 5.74) is 1.19. The molecule has 8 heteroatoms. The summed E-state index contributed by atoms with van der Waals surface area (Å²) in [5.74, 6) is 1.21. The smallest absolute Gasteiger partial charge is 0.208 e. The highest BCUT2D eigenvalue weighted by atomic mass is 32.2. The number of benzene rings is 1. The Bertz CT molecular complexity index is 964. The van der Waals surface area contributed by atoms with Crippen LogP contribution in [0, 0.1) is 11.7 Å². The third-order valence-electron chi connectivity index (χ3n) is 6.63. The molecular formula is C24H32FN3O3S. The second-order valence-corrected chi connectivity index (χ2v) is 10.8. The fourth-order valence-corrected chi connectivity index (χ4v) is 5.80. The highest BCUT2D eigenvalue weighted by Crippen LogP contribution is 2.34. The molecule has 0 unspecified atom stereocenters. The van der Waals surface area contributed by atoms with E-state index in [2.05, 4.69) is 14.6 Å². The predicted molar refractivity (Wildman–Crippen MR) is 124 cm³/mol. The Morgan fingerprint density at radius 2 is 1.84 bits per heavy atom. The fraction of sp³-hybridized carbons (Fsp3) is 0.542. The van der Waals surface area contributed by atoms with Crippen molar-refractivity contribution in [1.29, 1.82) is 0 Å². The van der Waals surface area contributed by atoms with Gasteiger partial charge in [-0.3, -0.25) is 0 Å². The molecule has 1 aromatic carbocycles. The molecule has 2 aliphatic rings. The number of piperidine rings is 1. The zero-order valence-electron chi connectivity index (χ0n) is 18.5. The fourth-order valence-electron chi connectivity index (χ4n) is 4.94. The molecule has 0 amide bonds. The second-order valence-electron chi connectivity index (χ2n) is 9.04. The van der Waals surface area contributed by atoms with Crippen molar-refractivity contribution in [3.05, 3.63) is 60.0 Å². The van der Waals surface area contributed by atoms with Crippen molar-refractivity contribution in [2.24, 2.45) is 5.92 Å². The molecule has 0 radical (unpaired) electrons. The van der Waals surface area contributed by atoms with Gasteiger partial charge in [-0.05, 0) is 67.9 Å². The van der Waals surface area contributed by atoms with Gasteiger partial charge in [0.1, 0.15) is 11.6 Å². The number of halogens is 1. The molecule has 1 N–H and O–H groups in total. The first-order valence-electron chi connectivity index (χ1n) is 11.4. The van der Waals surface area contributed by atoms with E-state index in [1.54, 1.807) is 6.20 Å². The molecule has 0 bridgehead atoms. The first-order valence-corrected chi connectivity index (χ1v) is 13.3. The maximum absolute atomic E-state index is 13.2. The van der Waals surface area contributed by atoms with Crippen LogP contribution in [0.15, 0.2) is 48.7 Å². The van der Waals surface area contributed by atoms with Crippen molar-refractivity contribution in [3.63, 3.8) is 0 Å². The number of nitrogens with one attached hydrogen (secondary N) is 1. The molecule has 6 nitrogen and oxygen atoms in total. The van der Waals surface area contributed by atoms with Gasteiger partial charge in [0.25, 0.3) is 0 Å². The average molecular weight is 462 g/mol. The normalized spacial score (nSPS) is 26.8. The van der Waals surface area contributed by atoms with E-state index in [1.807, 2.05) is 30.3 Å². The van der Waals surface area contributed by atoms with Crippen molar-refractivity contribution in [3.8, 4) is 0 Å². The van der Waals surface area contributed by atoms with Gasteiger partial charge in [0.2, 0.25) is 10.0 Å². The number of hydrogen-bond acceptors (Lipinski definition) is 5. The zero-order valence-corrected chi connectivity index (χ0v) is 19.3. The van der Waals surface area contributed by atoms with E-state index < -0.39 is 10.0 Å². The maximum Gasteiger partial charge on any atom is 0.208 e. The molecule has 32 heavy (non-hydrogen) atoms. The van der Waals surface area contributed by atoms with Gasteiger partial charge in [0.15, 0.2) is 0 Å². The van der Waals surface area contributed by atoms with Crippen molar-refractivity contribution < 1.29 is 17.5 Å². The van der Waals surface area contributed by atoms with Gasteiger partial charge < -0.3 is 9.64 Å². The summed E-state index contributed by atoms with van der Waals surface area (Å²) >= 11 is 0. The van der Waals surface area contributed by atoms with Crippen LogP contribution in [0.25, 0.3) is 0 Å². The summed E-state index contributed by atoms with van der Waals surface area (Å²) in [6.45, 7) is 1.97. The SMILES string of the molecule is CS(=O)(=O)N[C@H]1CCN(c2ccccn2)C[C@H]1COC1CCC(c2ccc(F)cc2)CC1. The summed E-state index contributed by atoms with van der Waals surface area (Å²) in [6.07, 6.45) is 7.85. The third-order valence-corrected chi connectivity index (χ3v) is 7.37. The van der Waals surface area contributed by atoms with Crippen molar-refractivity contribution in [1.82, 2.24) is 9.71 Å². The van der Waals surface area contributed by atoms with Crippen molar-refractivity contribution in [2.75, 3.05) is 30.9 Å². The van der Waals surface area contributed by atoms with E-state index in [0.29, 0.717) is 19.1 Å². The lowest BCUT2D eigenvalue weighted by atomic mass is 9.82. The Morgan fingerprint density at radius 3 is 2.50 bits per heavy atom. The molecule has 2 aromatic rings. The molecule has 174 valence electrons. The van der Waals surface area contributed by atoms with Gasteiger partial charge in [-0.15, -0.1) is 0 Å². The first kappa shape index (κ1) is 23.1. The third kappa shape index (κ3) is 6.27. The summed E-state index contributed by atoms with van der Waals surface area (Å²) in [6, 6.07) is 12.5. The lowest BCUT2D eigenvalue weighted by Crippen LogP contribution is -2.52.